The molecule has 14 heavy (non-hydrogen) atoms. The second-order valence-corrected chi connectivity index (χ2v) is 2.59. The molecule has 0 amide bonds. The Balaban J connectivity index is 4.21. The predicted molar refractivity (Wildman–Crippen MR) is 44.1 cm³/mol. The van der Waals surface area contributed by atoms with Gasteiger partial charge in [-0.15, -0.1) is 0 Å². The fourth-order valence-corrected chi connectivity index (χ4v) is 0.738. The van der Waals surface area contributed by atoms with Crippen molar-refractivity contribution >= 4 is 6.29 Å². The largest absolute Gasteiger partial charge is 0.390 e. The third-order valence-electron chi connectivity index (χ3n) is 1.57. The lowest BCUT2D eigenvalue weighted by molar-refractivity contribution is -0.132. The van der Waals surface area contributed by atoms with Crippen LogP contribution in [0.15, 0.2) is 5.11 Å². The predicted octanol–water partition coefficient (Wildman–Crippen LogP) is -2.06. The van der Waals surface area contributed by atoms with Crippen molar-refractivity contribution in [3.63, 3.8) is 0 Å². The molecule has 0 aliphatic rings. The highest BCUT2D eigenvalue weighted by atomic mass is 16.4. The lowest BCUT2D eigenvalue weighted by Gasteiger charge is -2.22. The first-order chi connectivity index (χ1) is 6.54. The summed E-state index contributed by atoms with van der Waals surface area (Å²) in [6, 6.07) is 0. The number of hydrogen-bond donors (Lipinski definition) is 4. The number of azide groups is 1. The van der Waals surface area contributed by atoms with E-state index in [1.165, 1.54) is 0 Å². The van der Waals surface area contributed by atoms with E-state index in [-0.39, 0.29) is 6.29 Å². The van der Waals surface area contributed by atoms with E-state index in [9.17, 15) is 4.79 Å². The fourth-order valence-electron chi connectivity index (χ4n) is 0.738. The number of carbonyl (C=O) groups is 1. The average Bonchev–Trinajstić information content (AvgIpc) is 2.22. The molecule has 8 heteroatoms. The number of hydrogen-bond acceptors (Lipinski definition) is 6. The smallest absolute Gasteiger partial charge is 0.151 e. The summed E-state index contributed by atoms with van der Waals surface area (Å²) in [5, 5.41) is 38.9. The molecule has 0 aromatic heterocycles. The molecule has 0 saturated heterocycles. The van der Waals surface area contributed by atoms with Crippen molar-refractivity contribution in [1.82, 2.24) is 0 Å². The highest BCUT2D eigenvalue weighted by molar-refractivity contribution is 5.56. The van der Waals surface area contributed by atoms with Crippen molar-refractivity contribution in [2.24, 2.45) is 5.11 Å². The second kappa shape index (κ2) is 6.30. The van der Waals surface area contributed by atoms with E-state index in [4.69, 9.17) is 26.0 Å². The molecule has 0 rings (SSSR count). The van der Waals surface area contributed by atoms with E-state index in [1.54, 1.807) is 0 Å². The van der Waals surface area contributed by atoms with Crippen molar-refractivity contribution in [3.8, 4) is 0 Å². The van der Waals surface area contributed by atoms with Crippen LogP contribution in [0.4, 0.5) is 0 Å². The summed E-state index contributed by atoms with van der Waals surface area (Å²) in [7, 11) is 0. The topological polar surface area (TPSA) is 147 Å². The molecule has 0 aliphatic heterocycles. The van der Waals surface area contributed by atoms with Crippen molar-refractivity contribution in [1.29, 1.82) is 0 Å². The van der Waals surface area contributed by atoms with Crippen molar-refractivity contribution in [2.45, 2.75) is 24.4 Å². The zero-order valence-electron chi connectivity index (χ0n) is 7.13. The molecule has 4 N–H and O–H groups in total. The van der Waals surface area contributed by atoms with Gasteiger partial charge in [0.25, 0.3) is 0 Å². The number of aliphatic hydroxyl groups excluding tert-OH is 4. The summed E-state index contributed by atoms with van der Waals surface area (Å²) < 4.78 is 0. The Labute approximate surface area is 79.0 Å². The van der Waals surface area contributed by atoms with Gasteiger partial charge in [-0.2, -0.15) is 0 Å². The molecule has 4 atom stereocenters. The molecule has 0 bridgehead atoms. The maximum absolute atomic E-state index is 10.0. The molecule has 0 aromatic rings. The maximum Gasteiger partial charge on any atom is 0.151 e. The van der Waals surface area contributed by atoms with Gasteiger partial charge in [-0.05, 0) is 5.53 Å². The SMILES string of the molecule is [N-]=[N+]=NC[C@H](O)[C@@H](O)[C@H](O)[C@@H](O)C=O. The highest BCUT2D eigenvalue weighted by Crippen LogP contribution is 2.04. The van der Waals surface area contributed by atoms with E-state index in [1.807, 2.05) is 0 Å². The molecule has 80 valence electrons. The van der Waals surface area contributed by atoms with Gasteiger partial charge in [0.05, 0.1) is 12.6 Å². The average molecular weight is 205 g/mol. The summed E-state index contributed by atoms with van der Waals surface area (Å²) in [6.45, 7) is -0.458. The van der Waals surface area contributed by atoms with Crippen LogP contribution >= 0.6 is 0 Å². The minimum absolute atomic E-state index is 0.0220. The standard InChI is InChI=1S/C6H11N3O5/c7-9-8-1-3(11)5(13)6(14)4(12)2-10/h2-6,11-14H,1H2/t3-,4-,5+,6+/m0/s1. The van der Waals surface area contributed by atoms with Crippen LogP contribution in [-0.4, -0.2) is 57.7 Å². The van der Waals surface area contributed by atoms with Crippen LogP contribution in [0.1, 0.15) is 0 Å². The lowest BCUT2D eigenvalue weighted by atomic mass is 10.0. The number of aliphatic hydroxyl groups is 4. The van der Waals surface area contributed by atoms with E-state index >= 15 is 0 Å². The molecule has 0 saturated carbocycles. The summed E-state index contributed by atoms with van der Waals surface area (Å²) in [5.74, 6) is 0. The summed E-state index contributed by atoms with van der Waals surface area (Å²) >= 11 is 0. The van der Waals surface area contributed by atoms with Gasteiger partial charge >= 0.3 is 0 Å². The molecular formula is C6H11N3O5. The fraction of sp³-hybridized carbons (Fsp3) is 0.833. The number of aldehydes is 1. The van der Waals surface area contributed by atoms with Gasteiger partial charge in [0.15, 0.2) is 6.29 Å². The summed E-state index contributed by atoms with van der Waals surface area (Å²) in [4.78, 5) is 12.3. The van der Waals surface area contributed by atoms with Crippen LogP contribution in [-0.2, 0) is 4.79 Å². The van der Waals surface area contributed by atoms with E-state index in [2.05, 4.69) is 10.0 Å². The third kappa shape index (κ3) is 3.69. The van der Waals surface area contributed by atoms with E-state index < -0.39 is 31.0 Å². The Bertz CT molecular complexity index is 230. The first-order valence-electron chi connectivity index (χ1n) is 3.73. The molecule has 0 spiro atoms. The minimum Gasteiger partial charge on any atom is -0.390 e. The van der Waals surface area contributed by atoms with Crippen LogP contribution < -0.4 is 0 Å². The van der Waals surface area contributed by atoms with Gasteiger partial charge in [0.2, 0.25) is 0 Å². The molecule has 8 nitrogen and oxygen atoms in total. The quantitative estimate of drug-likeness (QED) is 0.170. The lowest BCUT2D eigenvalue weighted by Crippen LogP contribution is -2.46. The molecular weight excluding hydrogens is 194 g/mol. The molecule has 0 fully saturated rings. The van der Waals surface area contributed by atoms with Gasteiger partial charge in [0, 0.05) is 4.91 Å². The van der Waals surface area contributed by atoms with Crippen LogP contribution in [0.2, 0.25) is 0 Å². The number of rotatable bonds is 6. The number of nitrogens with zero attached hydrogens (tertiary/aromatic N) is 3. The van der Waals surface area contributed by atoms with E-state index in [0.717, 1.165) is 0 Å². The Morgan fingerprint density at radius 3 is 2.29 bits per heavy atom. The minimum atomic E-state index is -1.81. The van der Waals surface area contributed by atoms with Crippen LogP contribution in [0.3, 0.4) is 0 Å². The number of carbonyl (C=O) groups excluding carboxylic acids is 1. The monoisotopic (exact) mass is 205 g/mol. The zero-order chi connectivity index (χ0) is 11.1. The summed E-state index contributed by atoms with van der Waals surface area (Å²) in [5.41, 5.74) is 7.89. The second-order valence-electron chi connectivity index (χ2n) is 2.59. The normalized spacial score (nSPS) is 18.9. The Hall–Kier alpha value is -1.18. The van der Waals surface area contributed by atoms with E-state index in [0.29, 0.717) is 0 Å². The van der Waals surface area contributed by atoms with Crippen LogP contribution in [0.25, 0.3) is 10.4 Å². The Morgan fingerprint density at radius 2 is 1.86 bits per heavy atom. The van der Waals surface area contributed by atoms with Crippen molar-refractivity contribution in [2.75, 3.05) is 6.54 Å². The van der Waals surface area contributed by atoms with Gasteiger partial charge in [-0.1, -0.05) is 5.11 Å². The van der Waals surface area contributed by atoms with Crippen LogP contribution in [0, 0.1) is 0 Å². The van der Waals surface area contributed by atoms with Crippen molar-refractivity contribution in [3.05, 3.63) is 10.4 Å². The maximum atomic E-state index is 10.0. The van der Waals surface area contributed by atoms with Gasteiger partial charge in [0.1, 0.15) is 18.3 Å². The molecule has 0 aliphatic carbocycles. The molecule has 0 radical (unpaired) electrons. The third-order valence-corrected chi connectivity index (χ3v) is 1.57. The highest BCUT2D eigenvalue weighted by Gasteiger charge is 2.29. The Morgan fingerprint density at radius 1 is 1.29 bits per heavy atom. The van der Waals surface area contributed by atoms with Gasteiger partial charge in [-0.25, -0.2) is 0 Å². The molecule has 0 heterocycles. The molecule has 0 aromatic carbocycles. The molecule has 0 unspecified atom stereocenters. The van der Waals surface area contributed by atoms with Crippen molar-refractivity contribution < 1.29 is 25.2 Å². The van der Waals surface area contributed by atoms with Crippen LogP contribution in [0.5, 0.6) is 0 Å². The first kappa shape index (κ1) is 12.8. The first-order valence-corrected chi connectivity index (χ1v) is 3.73. The zero-order valence-corrected chi connectivity index (χ0v) is 7.13. The summed E-state index contributed by atoms with van der Waals surface area (Å²) in [6.07, 6.45) is -6.85. The Kier molecular flexibility index (Phi) is 5.77. The van der Waals surface area contributed by atoms with Gasteiger partial charge in [-0.3, -0.25) is 0 Å². The van der Waals surface area contributed by atoms with Gasteiger partial charge < -0.3 is 25.2 Å².